The minimum atomic E-state index is -1.17. The molecule has 0 aromatic carbocycles. The Labute approximate surface area is 95.2 Å². The molecular weight excluding hydrogens is 262 g/mol. The van der Waals surface area contributed by atoms with Crippen molar-refractivity contribution >= 4 is 33.8 Å². The molecule has 1 rings (SSSR count). The summed E-state index contributed by atoms with van der Waals surface area (Å²) < 4.78 is 0. The molecule has 0 saturated carbocycles. The van der Waals surface area contributed by atoms with E-state index in [-0.39, 0.29) is 11.5 Å². The second kappa shape index (κ2) is 5.45. The molecule has 0 saturated heterocycles. The van der Waals surface area contributed by atoms with Gasteiger partial charge in [-0.15, -0.1) is 0 Å². The smallest absolute Gasteiger partial charge is 0.358 e. The van der Waals surface area contributed by atoms with Crippen LogP contribution in [0.4, 0.5) is 5.82 Å². The third kappa shape index (κ3) is 3.32. The average molecular weight is 272 g/mol. The van der Waals surface area contributed by atoms with Crippen molar-refractivity contribution in [2.75, 3.05) is 11.1 Å². The van der Waals surface area contributed by atoms with Gasteiger partial charge in [-0.05, 0) is 12.5 Å². The van der Waals surface area contributed by atoms with Crippen LogP contribution >= 0.6 is 15.9 Å². The van der Waals surface area contributed by atoms with E-state index in [1.54, 1.807) is 6.08 Å². The first-order chi connectivity index (χ1) is 7.15. The van der Waals surface area contributed by atoms with Crippen LogP contribution in [0, 0.1) is 0 Å². The summed E-state index contributed by atoms with van der Waals surface area (Å²) >= 11 is 3.27. The quantitative estimate of drug-likeness (QED) is 0.812. The topological polar surface area (TPSA) is 89.1 Å². The Morgan fingerprint density at radius 1 is 1.67 bits per heavy atom. The summed E-state index contributed by atoms with van der Waals surface area (Å²) in [5.74, 6) is -1.24. The van der Waals surface area contributed by atoms with Gasteiger partial charge in [-0.25, -0.2) is 14.8 Å². The lowest BCUT2D eigenvalue weighted by Crippen LogP contribution is -2.08. The summed E-state index contributed by atoms with van der Waals surface area (Å²) in [6.07, 6.45) is 5.86. The molecule has 3 N–H and O–H groups in total. The summed E-state index contributed by atoms with van der Waals surface area (Å²) in [5.41, 5.74) is 5.64. The fourth-order valence-electron chi connectivity index (χ4n) is 0.917. The summed E-state index contributed by atoms with van der Waals surface area (Å²) in [5, 5.41) is 9.59. The van der Waals surface area contributed by atoms with Crippen molar-refractivity contribution in [1.29, 1.82) is 0 Å². The van der Waals surface area contributed by atoms with Crippen LogP contribution in [0.3, 0.4) is 0 Å². The highest BCUT2D eigenvalue weighted by Crippen LogP contribution is 2.07. The number of allylic oxidation sites excluding steroid dienone is 1. The standard InChI is InChI=1S/C9H10BrN3O2/c10-4-2-1-3-6-5-12-8(11)7(13-6)9(14)15/h1,3,5H,2,4H2,(H2,11,12)(H,14,15). The molecule has 0 unspecified atom stereocenters. The molecule has 0 fully saturated rings. The van der Waals surface area contributed by atoms with Gasteiger partial charge in [0.25, 0.3) is 0 Å². The second-order valence-electron chi connectivity index (χ2n) is 2.71. The molecule has 0 aliphatic carbocycles. The van der Waals surface area contributed by atoms with Gasteiger partial charge in [0.1, 0.15) is 0 Å². The van der Waals surface area contributed by atoms with E-state index in [0.717, 1.165) is 11.8 Å². The van der Waals surface area contributed by atoms with Crippen LogP contribution in [0.25, 0.3) is 6.08 Å². The van der Waals surface area contributed by atoms with Gasteiger partial charge in [0.15, 0.2) is 11.5 Å². The Morgan fingerprint density at radius 2 is 2.40 bits per heavy atom. The van der Waals surface area contributed by atoms with Gasteiger partial charge in [0, 0.05) is 5.33 Å². The van der Waals surface area contributed by atoms with E-state index in [4.69, 9.17) is 10.8 Å². The first-order valence-electron chi connectivity index (χ1n) is 4.23. The SMILES string of the molecule is Nc1ncc(C=CCCBr)nc1C(=O)O. The van der Waals surface area contributed by atoms with Crippen molar-refractivity contribution in [3.63, 3.8) is 0 Å². The highest BCUT2D eigenvalue weighted by Gasteiger charge is 2.10. The summed E-state index contributed by atoms with van der Waals surface area (Å²) in [6, 6.07) is 0. The number of hydrogen-bond donors (Lipinski definition) is 2. The molecule has 6 heteroatoms. The number of carboxylic acid groups (broad SMARTS) is 1. The lowest BCUT2D eigenvalue weighted by molar-refractivity contribution is 0.0691. The number of nitrogens with zero attached hydrogens (tertiary/aromatic N) is 2. The number of hydrogen-bond acceptors (Lipinski definition) is 4. The van der Waals surface area contributed by atoms with Crippen LogP contribution in [-0.4, -0.2) is 26.4 Å². The first kappa shape index (κ1) is 11.6. The minimum Gasteiger partial charge on any atom is -0.476 e. The fraction of sp³-hybridized carbons (Fsp3) is 0.222. The van der Waals surface area contributed by atoms with Gasteiger partial charge < -0.3 is 10.8 Å². The van der Waals surface area contributed by atoms with Gasteiger partial charge in [-0.3, -0.25) is 0 Å². The van der Waals surface area contributed by atoms with Crippen molar-refractivity contribution in [3.05, 3.63) is 23.7 Å². The number of carboxylic acids is 1. The average Bonchev–Trinajstić information content (AvgIpc) is 2.20. The van der Waals surface area contributed by atoms with Crippen molar-refractivity contribution < 1.29 is 9.90 Å². The molecule has 15 heavy (non-hydrogen) atoms. The Morgan fingerprint density at radius 3 is 3.00 bits per heavy atom. The Bertz CT molecular complexity index is 393. The van der Waals surface area contributed by atoms with Gasteiger partial charge in [-0.2, -0.15) is 0 Å². The minimum absolute atomic E-state index is 0.0693. The maximum absolute atomic E-state index is 10.7. The van der Waals surface area contributed by atoms with E-state index in [0.29, 0.717) is 5.69 Å². The number of aromatic nitrogens is 2. The summed E-state index contributed by atoms with van der Waals surface area (Å²) in [4.78, 5) is 18.3. The Kier molecular flexibility index (Phi) is 4.23. The van der Waals surface area contributed by atoms with Gasteiger partial charge in [0.2, 0.25) is 0 Å². The van der Waals surface area contributed by atoms with Crippen LogP contribution < -0.4 is 5.73 Å². The van der Waals surface area contributed by atoms with Crippen LogP contribution in [-0.2, 0) is 0 Å². The summed E-state index contributed by atoms with van der Waals surface area (Å²) in [7, 11) is 0. The Hall–Kier alpha value is -1.43. The maximum Gasteiger partial charge on any atom is 0.358 e. The van der Waals surface area contributed by atoms with E-state index >= 15 is 0 Å². The lowest BCUT2D eigenvalue weighted by atomic mass is 10.3. The highest BCUT2D eigenvalue weighted by molar-refractivity contribution is 9.09. The molecule has 0 aliphatic heterocycles. The largest absolute Gasteiger partial charge is 0.476 e. The number of aromatic carboxylic acids is 1. The number of alkyl halides is 1. The van der Waals surface area contributed by atoms with E-state index in [1.807, 2.05) is 6.08 Å². The normalized spacial score (nSPS) is 10.7. The van der Waals surface area contributed by atoms with Gasteiger partial charge >= 0.3 is 5.97 Å². The number of carbonyl (C=O) groups is 1. The van der Waals surface area contributed by atoms with E-state index in [2.05, 4.69) is 25.9 Å². The molecular formula is C9H10BrN3O2. The highest BCUT2D eigenvalue weighted by atomic mass is 79.9. The van der Waals surface area contributed by atoms with Crippen LogP contribution in [0.5, 0.6) is 0 Å². The van der Waals surface area contributed by atoms with Crippen molar-refractivity contribution in [3.8, 4) is 0 Å². The zero-order chi connectivity index (χ0) is 11.3. The number of anilines is 1. The molecule has 0 atom stereocenters. The first-order valence-corrected chi connectivity index (χ1v) is 5.35. The molecule has 1 aromatic rings. The molecule has 5 nitrogen and oxygen atoms in total. The second-order valence-corrected chi connectivity index (χ2v) is 3.51. The third-order valence-corrected chi connectivity index (χ3v) is 2.04. The van der Waals surface area contributed by atoms with Crippen LogP contribution in [0.2, 0.25) is 0 Å². The molecule has 0 radical (unpaired) electrons. The number of rotatable bonds is 4. The molecule has 0 aliphatic rings. The predicted molar refractivity (Wildman–Crippen MR) is 60.8 cm³/mol. The third-order valence-electron chi connectivity index (χ3n) is 1.59. The number of halogens is 1. The van der Waals surface area contributed by atoms with Gasteiger partial charge in [0.05, 0.1) is 11.9 Å². The van der Waals surface area contributed by atoms with Gasteiger partial charge in [-0.1, -0.05) is 22.0 Å². The summed E-state index contributed by atoms with van der Waals surface area (Å²) in [6.45, 7) is 0. The van der Waals surface area contributed by atoms with Crippen molar-refractivity contribution in [2.45, 2.75) is 6.42 Å². The predicted octanol–water partition coefficient (Wildman–Crippen LogP) is 1.56. The monoisotopic (exact) mass is 271 g/mol. The fourth-order valence-corrected chi connectivity index (χ4v) is 1.18. The molecule has 80 valence electrons. The molecule has 0 amide bonds. The molecule has 1 heterocycles. The lowest BCUT2D eigenvalue weighted by Gasteiger charge is -1.99. The van der Waals surface area contributed by atoms with E-state index in [9.17, 15) is 4.79 Å². The van der Waals surface area contributed by atoms with E-state index in [1.165, 1.54) is 6.20 Å². The van der Waals surface area contributed by atoms with Crippen LogP contribution in [0.1, 0.15) is 22.6 Å². The number of nitrogen functional groups attached to an aromatic ring is 1. The van der Waals surface area contributed by atoms with E-state index < -0.39 is 5.97 Å². The maximum atomic E-state index is 10.7. The van der Waals surface area contributed by atoms with Crippen LogP contribution in [0.15, 0.2) is 12.3 Å². The van der Waals surface area contributed by atoms with Crippen molar-refractivity contribution in [2.24, 2.45) is 0 Å². The van der Waals surface area contributed by atoms with Crippen molar-refractivity contribution in [1.82, 2.24) is 9.97 Å². The number of nitrogens with two attached hydrogens (primary N) is 1. The molecule has 0 spiro atoms. The zero-order valence-corrected chi connectivity index (χ0v) is 9.44. The molecule has 1 aromatic heterocycles. The zero-order valence-electron chi connectivity index (χ0n) is 7.85. The Balaban J connectivity index is 2.92. The molecule has 0 bridgehead atoms.